The largest absolute Gasteiger partial charge is 0.493 e. The minimum Gasteiger partial charge on any atom is -0.493 e. The summed E-state index contributed by atoms with van der Waals surface area (Å²) in [6, 6.07) is 11.4. The lowest BCUT2D eigenvalue weighted by Crippen LogP contribution is -2.25. The van der Waals surface area contributed by atoms with Crippen LogP contribution in [-0.4, -0.2) is 6.61 Å². The van der Waals surface area contributed by atoms with Gasteiger partial charge in [-0.15, -0.1) is 0 Å². The molecular weight excluding hydrogens is 342 g/mol. The Balaban J connectivity index is 1.77. The predicted molar refractivity (Wildman–Crippen MR) is 119 cm³/mol. The minimum atomic E-state index is -0.0550. The quantitative estimate of drug-likeness (QED) is 0.342. The molecule has 0 radical (unpaired) electrons. The third kappa shape index (κ3) is 7.16. The molecule has 0 aromatic heterocycles. The lowest BCUT2D eigenvalue weighted by molar-refractivity contribution is 0.222. The van der Waals surface area contributed by atoms with Gasteiger partial charge in [-0.1, -0.05) is 77.8 Å². The zero-order chi connectivity index (χ0) is 20.2. The van der Waals surface area contributed by atoms with Crippen molar-refractivity contribution < 1.29 is 4.74 Å². The fraction of sp³-hybridized carbons (Fsp3) is 0.731. The van der Waals surface area contributed by atoms with Gasteiger partial charge in [-0.2, -0.15) is 5.26 Å². The highest BCUT2D eigenvalue weighted by atomic mass is 16.5. The molecule has 0 spiro atoms. The van der Waals surface area contributed by atoms with Crippen LogP contribution in [0.15, 0.2) is 24.3 Å². The molecule has 0 heterocycles. The molecule has 1 aromatic carbocycles. The Morgan fingerprint density at radius 3 is 2.29 bits per heavy atom. The molecule has 0 unspecified atom stereocenters. The van der Waals surface area contributed by atoms with Crippen LogP contribution < -0.4 is 4.74 Å². The second-order valence-corrected chi connectivity index (χ2v) is 9.08. The monoisotopic (exact) mass is 383 g/mol. The zero-order valence-electron chi connectivity index (χ0n) is 18.5. The molecule has 1 saturated carbocycles. The third-order valence-corrected chi connectivity index (χ3v) is 6.77. The molecular formula is C26H41NO. The summed E-state index contributed by atoms with van der Waals surface area (Å²) in [5.74, 6) is 2.19. The van der Waals surface area contributed by atoms with Crippen molar-refractivity contribution in [2.45, 2.75) is 104 Å². The Hall–Kier alpha value is -1.49. The third-order valence-electron chi connectivity index (χ3n) is 6.77. The smallest absolute Gasteiger partial charge is 0.119 e. The topological polar surface area (TPSA) is 33.0 Å². The van der Waals surface area contributed by atoms with Crippen molar-refractivity contribution in [3.63, 3.8) is 0 Å². The highest BCUT2D eigenvalue weighted by Crippen LogP contribution is 2.45. The van der Waals surface area contributed by atoms with Gasteiger partial charge in [0, 0.05) is 0 Å². The van der Waals surface area contributed by atoms with Crippen molar-refractivity contribution in [2.24, 2.45) is 11.3 Å². The van der Waals surface area contributed by atoms with Crippen LogP contribution in [-0.2, 0) is 0 Å². The SMILES string of the molecule is CCCCCCCCC1(C#N)CCC(c2ccc(OC[C@H](C)CC)cc2)CC1. The van der Waals surface area contributed by atoms with Crippen LogP contribution in [0.2, 0.25) is 0 Å². The summed E-state index contributed by atoms with van der Waals surface area (Å²) in [4.78, 5) is 0. The molecule has 0 aliphatic heterocycles. The lowest BCUT2D eigenvalue weighted by atomic mass is 9.67. The summed E-state index contributed by atoms with van der Waals surface area (Å²) in [5.41, 5.74) is 1.36. The van der Waals surface area contributed by atoms with E-state index in [0.717, 1.165) is 50.9 Å². The lowest BCUT2D eigenvalue weighted by Gasteiger charge is -2.35. The first-order valence-electron chi connectivity index (χ1n) is 11.8. The number of nitrogens with zero attached hydrogens (tertiary/aromatic N) is 1. The summed E-state index contributed by atoms with van der Waals surface area (Å²) in [6.45, 7) is 7.48. The van der Waals surface area contributed by atoms with Gasteiger partial charge in [-0.25, -0.2) is 0 Å². The van der Waals surface area contributed by atoms with Crippen molar-refractivity contribution in [3.8, 4) is 11.8 Å². The molecule has 0 bridgehead atoms. The Morgan fingerprint density at radius 2 is 1.68 bits per heavy atom. The second kappa shape index (κ2) is 12.2. The molecule has 0 amide bonds. The van der Waals surface area contributed by atoms with Crippen LogP contribution in [0.5, 0.6) is 5.75 Å². The number of hydrogen-bond donors (Lipinski definition) is 0. The van der Waals surface area contributed by atoms with Gasteiger partial charge < -0.3 is 4.74 Å². The maximum Gasteiger partial charge on any atom is 0.119 e. The molecule has 1 aromatic rings. The highest BCUT2D eigenvalue weighted by Gasteiger charge is 2.35. The Kier molecular flexibility index (Phi) is 9.89. The molecule has 2 nitrogen and oxygen atoms in total. The molecule has 1 atom stereocenters. The summed E-state index contributed by atoms with van der Waals surface area (Å²) >= 11 is 0. The molecule has 28 heavy (non-hydrogen) atoms. The maximum atomic E-state index is 9.83. The number of unbranched alkanes of at least 4 members (excludes halogenated alkanes) is 5. The molecule has 156 valence electrons. The first-order valence-corrected chi connectivity index (χ1v) is 11.8. The van der Waals surface area contributed by atoms with Crippen LogP contribution in [0.25, 0.3) is 0 Å². The highest BCUT2D eigenvalue weighted by molar-refractivity contribution is 5.30. The van der Waals surface area contributed by atoms with E-state index in [1.807, 2.05) is 0 Å². The molecule has 2 rings (SSSR count). The van der Waals surface area contributed by atoms with E-state index in [2.05, 4.69) is 51.1 Å². The van der Waals surface area contributed by atoms with E-state index < -0.39 is 0 Å². The first kappa shape index (κ1) is 22.8. The first-order chi connectivity index (χ1) is 13.6. The normalized spacial score (nSPS) is 23.1. The summed E-state index contributed by atoms with van der Waals surface area (Å²) < 4.78 is 5.89. The van der Waals surface area contributed by atoms with E-state index in [9.17, 15) is 5.26 Å². The van der Waals surface area contributed by atoms with Gasteiger partial charge in [0.1, 0.15) is 5.75 Å². The summed E-state index contributed by atoms with van der Waals surface area (Å²) in [7, 11) is 0. The van der Waals surface area contributed by atoms with Crippen molar-refractivity contribution in [1.82, 2.24) is 0 Å². The van der Waals surface area contributed by atoms with Crippen LogP contribution in [0.4, 0.5) is 0 Å². The van der Waals surface area contributed by atoms with Gasteiger partial charge in [0.05, 0.1) is 18.1 Å². The Morgan fingerprint density at radius 1 is 1.04 bits per heavy atom. The van der Waals surface area contributed by atoms with Gasteiger partial charge in [0.25, 0.3) is 0 Å². The van der Waals surface area contributed by atoms with Crippen LogP contribution >= 0.6 is 0 Å². The number of ether oxygens (including phenoxy) is 1. The van der Waals surface area contributed by atoms with Crippen molar-refractivity contribution in [1.29, 1.82) is 5.26 Å². The van der Waals surface area contributed by atoms with E-state index in [1.54, 1.807) is 0 Å². The molecule has 0 N–H and O–H groups in total. The van der Waals surface area contributed by atoms with E-state index in [0.29, 0.717) is 11.8 Å². The standard InChI is InChI=1S/C26H41NO/c1-4-6-7-8-9-10-17-26(21-27)18-15-24(16-19-26)23-11-13-25(14-12-23)28-20-22(3)5-2/h11-14,22,24H,4-10,15-20H2,1-3H3/t22-,24?,26?/m1/s1. The molecule has 1 fully saturated rings. The van der Waals surface area contributed by atoms with Gasteiger partial charge in [0.15, 0.2) is 0 Å². The van der Waals surface area contributed by atoms with E-state index in [1.165, 1.54) is 44.1 Å². The van der Waals surface area contributed by atoms with Crippen LogP contribution in [0.1, 0.15) is 109 Å². The van der Waals surface area contributed by atoms with Crippen LogP contribution in [0, 0.1) is 22.7 Å². The molecule has 0 saturated heterocycles. The van der Waals surface area contributed by atoms with E-state index in [4.69, 9.17) is 4.74 Å². The molecule has 1 aliphatic carbocycles. The second-order valence-electron chi connectivity index (χ2n) is 9.08. The average molecular weight is 384 g/mol. The number of nitriles is 1. The van der Waals surface area contributed by atoms with Gasteiger partial charge in [-0.3, -0.25) is 0 Å². The van der Waals surface area contributed by atoms with Crippen molar-refractivity contribution in [2.75, 3.05) is 6.61 Å². The number of hydrogen-bond acceptors (Lipinski definition) is 2. The van der Waals surface area contributed by atoms with E-state index in [-0.39, 0.29) is 5.41 Å². The maximum absolute atomic E-state index is 9.83. The molecule has 2 heteroatoms. The predicted octanol–water partition coefficient (Wildman–Crippen LogP) is 8.03. The van der Waals surface area contributed by atoms with Gasteiger partial charge in [0.2, 0.25) is 0 Å². The summed E-state index contributed by atoms with van der Waals surface area (Å²) in [5, 5.41) is 9.83. The van der Waals surface area contributed by atoms with Crippen molar-refractivity contribution in [3.05, 3.63) is 29.8 Å². The number of rotatable bonds is 12. The fourth-order valence-electron chi connectivity index (χ4n) is 4.36. The minimum absolute atomic E-state index is 0.0550. The van der Waals surface area contributed by atoms with Crippen molar-refractivity contribution >= 4 is 0 Å². The van der Waals surface area contributed by atoms with Gasteiger partial charge >= 0.3 is 0 Å². The number of benzene rings is 1. The van der Waals surface area contributed by atoms with E-state index >= 15 is 0 Å². The Bertz CT molecular complexity index is 577. The average Bonchev–Trinajstić information content (AvgIpc) is 2.75. The zero-order valence-corrected chi connectivity index (χ0v) is 18.5. The van der Waals surface area contributed by atoms with Crippen LogP contribution in [0.3, 0.4) is 0 Å². The summed E-state index contributed by atoms with van der Waals surface area (Å²) in [6.07, 6.45) is 14.6. The Labute approximate surface area is 173 Å². The fourth-order valence-corrected chi connectivity index (χ4v) is 4.36. The molecule has 1 aliphatic rings. The van der Waals surface area contributed by atoms with Gasteiger partial charge in [-0.05, 0) is 61.6 Å².